The van der Waals surface area contributed by atoms with Gasteiger partial charge >= 0.3 is 5.69 Å². The summed E-state index contributed by atoms with van der Waals surface area (Å²) < 4.78 is 6.26. The van der Waals surface area contributed by atoms with E-state index < -0.39 is 11.2 Å². The number of amides is 1. The molecule has 1 unspecified atom stereocenters. The number of ether oxygens (including phenoxy) is 1. The maximum atomic E-state index is 11.8. The van der Waals surface area contributed by atoms with Crippen LogP contribution in [0.4, 0.5) is 0 Å². The summed E-state index contributed by atoms with van der Waals surface area (Å²) in [6.45, 7) is 2.26. The van der Waals surface area contributed by atoms with Gasteiger partial charge in [0.1, 0.15) is 0 Å². The van der Waals surface area contributed by atoms with E-state index in [0.717, 1.165) is 37.0 Å². The first-order valence-corrected chi connectivity index (χ1v) is 7.20. The van der Waals surface area contributed by atoms with Gasteiger partial charge in [-0.15, -0.1) is 0 Å². The Kier molecular flexibility index (Phi) is 5.32. The summed E-state index contributed by atoms with van der Waals surface area (Å²) in [5, 5.41) is 2.80. The maximum absolute atomic E-state index is 11.8. The summed E-state index contributed by atoms with van der Waals surface area (Å²) in [6, 6.07) is 0. The molecule has 2 rings (SSSR count). The molecular formula is C14H21N3O4. The lowest BCUT2D eigenvalue weighted by atomic mass is 10.0. The van der Waals surface area contributed by atoms with Crippen LogP contribution in [0, 0.1) is 5.92 Å². The van der Waals surface area contributed by atoms with E-state index in [1.165, 1.54) is 13.2 Å². The average Bonchev–Trinajstić information content (AvgIpc) is 2.98. The van der Waals surface area contributed by atoms with Crippen molar-refractivity contribution >= 4 is 5.91 Å². The molecule has 0 radical (unpaired) electrons. The monoisotopic (exact) mass is 295 g/mol. The first kappa shape index (κ1) is 15.5. The number of aromatic nitrogens is 2. The number of nitrogens with zero attached hydrogens (tertiary/aromatic N) is 1. The minimum atomic E-state index is -0.483. The lowest BCUT2D eigenvalue weighted by Crippen LogP contribution is -2.36. The van der Waals surface area contributed by atoms with Gasteiger partial charge in [-0.25, -0.2) is 4.79 Å². The summed E-state index contributed by atoms with van der Waals surface area (Å²) in [7, 11) is 1.38. The Morgan fingerprint density at radius 2 is 2.33 bits per heavy atom. The number of hydrogen-bond acceptors (Lipinski definition) is 4. The van der Waals surface area contributed by atoms with Crippen molar-refractivity contribution in [2.75, 3.05) is 19.8 Å². The third-order valence-corrected chi connectivity index (χ3v) is 3.74. The maximum Gasteiger partial charge on any atom is 0.328 e. The highest BCUT2D eigenvalue weighted by atomic mass is 16.5. The van der Waals surface area contributed by atoms with E-state index in [0.29, 0.717) is 18.0 Å². The Bertz CT molecular complexity index is 599. The van der Waals surface area contributed by atoms with Crippen LogP contribution < -0.4 is 16.6 Å². The van der Waals surface area contributed by atoms with Gasteiger partial charge in [-0.3, -0.25) is 14.2 Å². The van der Waals surface area contributed by atoms with Crippen LogP contribution in [0.15, 0.2) is 15.8 Å². The van der Waals surface area contributed by atoms with Crippen molar-refractivity contribution in [1.29, 1.82) is 0 Å². The van der Waals surface area contributed by atoms with Crippen molar-refractivity contribution < 1.29 is 9.53 Å². The third kappa shape index (κ3) is 4.29. The number of aromatic amines is 1. The summed E-state index contributed by atoms with van der Waals surface area (Å²) in [4.78, 5) is 37.2. The molecule has 2 N–H and O–H groups in total. The Hall–Kier alpha value is -1.89. The van der Waals surface area contributed by atoms with Crippen molar-refractivity contribution in [2.45, 2.75) is 25.7 Å². The predicted molar refractivity (Wildman–Crippen MR) is 77.2 cm³/mol. The van der Waals surface area contributed by atoms with E-state index in [4.69, 9.17) is 4.74 Å². The highest BCUT2D eigenvalue weighted by Gasteiger charge is 2.15. The molecule has 0 aliphatic carbocycles. The highest BCUT2D eigenvalue weighted by Crippen LogP contribution is 2.17. The fraction of sp³-hybridized carbons (Fsp3) is 0.643. The van der Waals surface area contributed by atoms with Crippen molar-refractivity contribution in [3.8, 4) is 0 Å². The van der Waals surface area contributed by atoms with Gasteiger partial charge in [0.05, 0.1) is 6.42 Å². The molecular weight excluding hydrogens is 274 g/mol. The normalized spacial score (nSPS) is 17.9. The Labute approximate surface area is 122 Å². The van der Waals surface area contributed by atoms with E-state index in [1.54, 1.807) is 0 Å². The molecule has 7 nitrogen and oxygen atoms in total. The van der Waals surface area contributed by atoms with E-state index >= 15 is 0 Å². The molecule has 0 saturated carbocycles. The van der Waals surface area contributed by atoms with Crippen LogP contribution in [0.25, 0.3) is 0 Å². The summed E-state index contributed by atoms with van der Waals surface area (Å²) >= 11 is 0. The van der Waals surface area contributed by atoms with Gasteiger partial charge < -0.3 is 15.0 Å². The molecule has 1 saturated heterocycles. The van der Waals surface area contributed by atoms with Crippen molar-refractivity contribution in [3.63, 3.8) is 0 Å². The zero-order valence-electron chi connectivity index (χ0n) is 12.2. The topological polar surface area (TPSA) is 93.2 Å². The predicted octanol–water partition coefficient (Wildman–Crippen LogP) is -0.451. The largest absolute Gasteiger partial charge is 0.381 e. The van der Waals surface area contributed by atoms with Crippen LogP contribution >= 0.6 is 0 Å². The van der Waals surface area contributed by atoms with Crippen molar-refractivity contribution in [3.05, 3.63) is 32.6 Å². The van der Waals surface area contributed by atoms with Crippen molar-refractivity contribution in [1.82, 2.24) is 14.9 Å². The molecule has 7 heteroatoms. The molecule has 1 fully saturated rings. The molecule has 21 heavy (non-hydrogen) atoms. The smallest absolute Gasteiger partial charge is 0.328 e. The molecule has 2 heterocycles. The van der Waals surface area contributed by atoms with Crippen LogP contribution in [0.5, 0.6) is 0 Å². The summed E-state index contributed by atoms with van der Waals surface area (Å²) in [5.41, 5.74) is -0.626. The molecule has 0 aromatic carbocycles. The van der Waals surface area contributed by atoms with E-state index in [-0.39, 0.29) is 12.3 Å². The Morgan fingerprint density at radius 1 is 1.52 bits per heavy atom. The summed E-state index contributed by atoms with van der Waals surface area (Å²) in [6.07, 6.45) is 4.33. The van der Waals surface area contributed by atoms with E-state index in [1.807, 2.05) is 0 Å². The fourth-order valence-corrected chi connectivity index (χ4v) is 2.41. The minimum absolute atomic E-state index is 0.0179. The van der Waals surface area contributed by atoms with Gasteiger partial charge in [0.15, 0.2) is 0 Å². The molecule has 1 aromatic rings. The van der Waals surface area contributed by atoms with Crippen LogP contribution in [-0.2, 0) is 23.0 Å². The van der Waals surface area contributed by atoms with Crippen molar-refractivity contribution in [2.24, 2.45) is 13.0 Å². The van der Waals surface area contributed by atoms with Gasteiger partial charge in [-0.05, 0) is 25.2 Å². The van der Waals surface area contributed by atoms with Crippen LogP contribution in [-0.4, -0.2) is 35.2 Å². The number of nitrogens with one attached hydrogen (secondary N) is 2. The van der Waals surface area contributed by atoms with E-state index in [2.05, 4.69) is 10.3 Å². The van der Waals surface area contributed by atoms with Gasteiger partial charge in [0.2, 0.25) is 5.91 Å². The molecule has 1 aromatic heterocycles. The number of rotatable bonds is 6. The van der Waals surface area contributed by atoms with Crippen LogP contribution in [0.2, 0.25) is 0 Å². The SMILES string of the molecule is Cn1c(=O)[nH]cc(CC(=O)NCCCC2CCOC2)c1=O. The van der Waals surface area contributed by atoms with Gasteiger partial charge in [0.25, 0.3) is 5.56 Å². The second-order valence-corrected chi connectivity index (χ2v) is 5.38. The molecule has 1 atom stereocenters. The Morgan fingerprint density at radius 3 is 3.05 bits per heavy atom. The van der Waals surface area contributed by atoms with Gasteiger partial charge in [0, 0.05) is 38.6 Å². The Balaban J connectivity index is 1.75. The number of H-pyrrole nitrogens is 1. The number of carbonyl (C=O) groups excluding carboxylic acids is 1. The number of hydrogen-bond donors (Lipinski definition) is 2. The molecule has 0 bridgehead atoms. The highest BCUT2D eigenvalue weighted by molar-refractivity contribution is 5.78. The second kappa shape index (κ2) is 7.21. The van der Waals surface area contributed by atoms with Crippen LogP contribution in [0.3, 0.4) is 0 Å². The minimum Gasteiger partial charge on any atom is -0.381 e. The molecule has 1 aliphatic heterocycles. The van der Waals surface area contributed by atoms with Gasteiger partial charge in [-0.1, -0.05) is 0 Å². The zero-order chi connectivity index (χ0) is 15.2. The summed E-state index contributed by atoms with van der Waals surface area (Å²) in [5.74, 6) is 0.398. The lowest BCUT2D eigenvalue weighted by Gasteiger charge is -2.08. The average molecular weight is 295 g/mol. The zero-order valence-corrected chi connectivity index (χ0v) is 12.2. The molecule has 0 spiro atoms. The quantitative estimate of drug-likeness (QED) is 0.695. The lowest BCUT2D eigenvalue weighted by molar-refractivity contribution is -0.120. The van der Waals surface area contributed by atoms with Crippen LogP contribution in [0.1, 0.15) is 24.8 Å². The molecule has 1 amide bonds. The standard InChI is InChI=1S/C14H21N3O4/c1-17-13(19)11(8-16-14(17)20)7-12(18)15-5-2-3-10-4-6-21-9-10/h8,10H,2-7,9H2,1H3,(H,15,18)(H,16,20). The fourth-order valence-electron chi connectivity index (χ4n) is 2.41. The second-order valence-electron chi connectivity index (χ2n) is 5.38. The first-order valence-electron chi connectivity index (χ1n) is 7.20. The third-order valence-electron chi connectivity index (χ3n) is 3.74. The van der Waals surface area contributed by atoms with E-state index in [9.17, 15) is 14.4 Å². The first-order chi connectivity index (χ1) is 10.1. The van der Waals surface area contributed by atoms with Gasteiger partial charge in [-0.2, -0.15) is 0 Å². The molecule has 1 aliphatic rings. The molecule has 116 valence electrons. The number of carbonyl (C=O) groups is 1.